The molecule has 1 aromatic carbocycles. The quantitative estimate of drug-likeness (QED) is 0.399. The van der Waals surface area contributed by atoms with Gasteiger partial charge in [-0.1, -0.05) is 51.2 Å². The monoisotopic (exact) mass is 413 g/mol. The minimum atomic E-state index is -4.58. The van der Waals surface area contributed by atoms with Gasteiger partial charge in [-0.3, -0.25) is 9.59 Å². The molecular weight excluding hydrogens is 383 g/mol. The molecule has 1 aliphatic heterocycles. The molecule has 4 nitrogen and oxygen atoms in total. The van der Waals surface area contributed by atoms with E-state index in [1.807, 2.05) is 0 Å². The van der Waals surface area contributed by atoms with Crippen LogP contribution in [-0.4, -0.2) is 36.5 Å². The van der Waals surface area contributed by atoms with Gasteiger partial charge in [0.25, 0.3) is 5.91 Å². The second-order valence-electron chi connectivity index (χ2n) is 7.55. The molecule has 1 aromatic rings. The molecule has 0 unspecified atom stereocenters. The molecule has 0 aliphatic carbocycles. The number of likely N-dealkylation sites (tertiary alicyclic amines) is 1. The second-order valence-corrected chi connectivity index (χ2v) is 7.55. The summed E-state index contributed by atoms with van der Waals surface area (Å²) in [6.45, 7) is 3.07. The van der Waals surface area contributed by atoms with E-state index in [0.29, 0.717) is 19.4 Å². The molecule has 0 radical (unpaired) electrons. The first-order valence-electron chi connectivity index (χ1n) is 10.5. The number of carbonyl (C=O) groups is 2. The largest absolute Gasteiger partial charge is 0.465 e. The third-order valence-electron chi connectivity index (χ3n) is 5.32. The van der Waals surface area contributed by atoms with Crippen LogP contribution in [0.15, 0.2) is 24.3 Å². The first-order chi connectivity index (χ1) is 13.8. The van der Waals surface area contributed by atoms with Gasteiger partial charge in [-0.15, -0.1) is 0 Å². The van der Waals surface area contributed by atoms with Crippen LogP contribution < -0.4 is 0 Å². The number of esters is 1. The molecule has 0 aromatic heterocycles. The van der Waals surface area contributed by atoms with E-state index in [2.05, 4.69) is 6.92 Å². The van der Waals surface area contributed by atoms with Gasteiger partial charge in [0.2, 0.25) is 0 Å². The Morgan fingerprint density at radius 1 is 1.03 bits per heavy atom. The van der Waals surface area contributed by atoms with Crippen molar-refractivity contribution in [3.8, 4) is 0 Å². The van der Waals surface area contributed by atoms with Gasteiger partial charge in [-0.05, 0) is 31.4 Å². The summed E-state index contributed by atoms with van der Waals surface area (Å²) >= 11 is 0. The van der Waals surface area contributed by atoms with E-state index in [9.17, 15) is 22.8 Å². The number of unbranched alkanes of at least 4 members (excludes halogenated alkanes) is 5. The lowest BCUT2D eigenvalue weighted by molar-refractivity contribution is -0.150. The summed E-state index contributed by atoms with van der Waals surface area (Å²) in [4.78, 5) is 26.2. The van der Waals surface area contributed by atoms with E-state index in [4.69, 9.17) is 4.74 Å². The number of benzene rings is 1. The van der Waals surface area contributed by atoms with Crippen LogP contribution in [0.3, 0.4) is 0 Å². The van der Waals surface area contributed by atoms with Crippen molar-refractivity contribution in [2.45, 2.75) is 64.5 Å². The molecule has 1 fully saturated rings. The number of amides is 1. The number of nitrogens with zero attached hydrogens (tertiary/aromatic N) is 1. The zero-order chi connectivity index (χ0) is 21.3. The zero-order valence-electron chi connectivity index (χ0n) is 17.0. The second kappa shape index (κ2) is 11.2. The van der Waals surface area contributed by atoms with E-state index in [0.717, 1.165) is 25.3 Å². The summed E-state index contributed by atoms with van der Waals surface area (Å²) in [5, 5.41) is 0. The van der Waals surface area contributed by atoms with Crippen LogP contribution in [0.25, 0.3) is 0 Å². The van der Waals surface area contributed by atoms with Crippen LogP contribution in [0.2, 0.25) is 0 Å². The molecule has 29 heavy (non-hydrogen) atoms. The van der Waals surface area contributed by atoms with E-state index < -0.39 is 17.6 Å². The lowest BCUT2D eigenvalue weighted by Gasteiger charge is -2.31. The predicted octanol–water partition coefficient (Wildman–Crippen LogP) is 5.46. The lowest BCUT2D eigenvalue weighted by atomic mass is 9.96. The minimum absolute atomic E-state index is 0.252. The Labute approximate surface area is 170 Å². The van der Waals surface area contributed by atoms with Crippen molar-refractivity contribution in [3.05, 3.63) is 35.4 Å². The van der Waals surface area contributed by atoms with Crippen molar-refractivity contribution in [1.82, 2.24) is 4.90 Å². The average Bonchev–Trinajstić information content (AvgIpc) is 2.72. The topological polar surface area (TPSA) is 46.6 Å². The maximum absolute atomic E-state index is 13.1. The van der Waals surface area contributed by atoms with Crippen LogP contribution >= 0.6 is 0 Å². The van der Waals surface area contributed by atoms with E-state index in [1.54, 1.807) is 0 Å². The first kappa shape index (κ1) is 23.2. The van der Waals surface area contributed by atoms with Gasteiger partial charge >= 0.3 is 12.1 Å². The molecule has 2 rings (SSSR count). The molecule has 0 saturated carbocycles. The summed E-state index contributed by atoms with van der Waals surface area (Å²) < 4.78 is 44.8. The molecule has 0 atom stereocenters. The first-order valence-corrected chi connectivity index (χ1v) is 10.5. The average molecular weight is 413 g/mol. The highest BCUT2D eigenvalue weighted by atomic mass is 19.4. The van der Waals surface area contributed by atoms with Crippen molar-refractivity contribution >= 4 is 11.9 Å². The van der Waals surface area contributed by atoms with E-state index in [-0.39, 0.29) is 30.5 Å². The van der Waals surface area contributed by atoms with Crippen molar-refractivity contribution in [2.24, 2.45) is 5.92 Å². The third kappa shape index (κ3) is 7.05. The summed E-state index contributed by atoms with van der Waals surface area (Å²) in [5.41, 5.74) is -1.27. The van der Waals surface area contributed by atoms with Gasteiger partial charge in [0.05, 0.1) is 23.7 Å². The highest BCUT2D eigenvalue weighted by molar-refractivity contribution is 5.96. The Bertz CT molecular complexity index is 668. The van der Waals surface area contributed by atoms with E-state index in [1.165, 1.54) is 42.4 Å². The lowest BCUT2D eigenvalue weighted by Crippen LogP contribution is -2.41. The third-order valence-corrected chi connectivity index (χ3v) is 5.32. The van der Waals surface area contributed by atoms with Crippen LogP contribution in [0.4, 0.5) is 13.2 Å². The standard InChI is InChI=1S/C22H30F3NO3/c1-2-3-4-5-6-9-16-29-21(28)17-12-14-26(15-13-17)20(27)18-10-7-8-11-19(18)22(23,24)25/h7-8,10-11,17H,2-6,9,12-16H2,1H3. The summed E-state index contributed by atoms with van der Waals surface area (Å²) in [7, 11) is 0. The van der Waals surface area contributed by atoms with Gasteiger partial charge < -0.3 is 9.64 Å². The number of rotatable bonds is 9. The van der Waals surface area contributed by atoms with Gasteiger partial charge in [0.1, 0.15) is 0 Å². The van der Waals surface area contributed by atoms with E-state index >= 15 is 0 Å². The molecule has 1 aliphatic rings. The highest BCUT2D eigenvalue weighted by Gasteiger charge is 2.37. The fourth-order valence-corrected chi connectivity index (χ4v) is 3.58. The molecule has 162 valence electrons. The molecule has 7 heteroatoms. The fraction of sp³-hybridized carbons (Fsp3) is 0.636. The molecule has 0 N–H and O–H groups in total. The van der Waals surface area contributed by atoms with Crippen LogP contribution in [0, 0.1) is 5.92 Å². The number of alkyl halides is 3. The number of piperidine rings is 1. The molecule has 1 heterocycles. The maximum Gasteiger partial charge on any atom is 0.417 e. The molecular formula is C22H30F3NO3. The molecule has 0 spiro atoms. The van der Waals surface area contributed by atoms with Crippen LogP contribution in [-0.2, 0) is 15.7 Å². The Hall–Kier alpha value is -2.05. The van der Waals surface area contributed by atoms with Gasteiger partial charge in [-0.2, -0.15) is 13.2 Å². The summed E-state index contributed by atoms with van der Waals surface area (Å²) in [5.74, 6) is -1.20. The minimum Gasteiger partial charge on any atom is -0.465 e. The predicted molar refractivity (Wildman–Crippen MR) is 104 cm³/mol. The number of carbonyl (C=O) groups excluding carboxylic acids is 2. The van der Waals surface area contributed by atoms with Gasteiger partial charge in [0, 0.05) is 13.1 Å². The summed E-state index contributed by atoms with van der Waals surface area (Å²) in [6, 6.07) is 4.81. The smallest absolute Gasteiger partial charge is 0.417 e. The van der Waals surface area contributed by atoms with Gasteiger partial charge in [-0.25, -0.2) is 0 Å². The number of hydrogen-bond acceptors (Lipinski definition) is 3. The summed E-state index contributed by atoms with van der Waals surface area (Å²) in [6.07, 6.45) is 2.90. The normalized spacial score (nSPS) is 15.4. The molecule has 0 bridgehead atoms. The number of halogens is 3. The Kier molecular flexibility index (Phi) is 8.99. The maximum atomic E-state index is 13.1. The fourth-order valence-electron chi connectivity index (χ4n) is 3.58. The number of ether oxygens (including phenoxy) is 1. The molecule has 1 amide bonds. The van der Waals surface area contributed by atoms with Crippen molar-refractivity contribution < 1.29 is 27.5 Å². The Balaban J connectivity index is 1.78. The van der Waals surface area contributed by atoms with Crippen molar-refractivity contribution in [3.63, 3.8) is 0 Å². The Morgan fingerprint density at radius 2 is 1.66 bits per heavy atom. The number of hydrogen-bond donors (Lipinski definition) is 0. The van der Waals surface area contributed by atoms with Crippen molar-refractivity contribution in [1.29, 1.82) is 0 Å². The van der Waals surface area contributed by atoms with Crippen molar-refractivity contribution in [2.75, 3.05) is 19.7 Å². The van der Waals surface area contributed by atoms with Crippen LogP contribution in [0.1, 0.15) is 74.2 Å². The van der Waals surface area contributed by atoms with Gasteiger partial charge in [0.15, 0.2) is 0 Å². The zero-order valence-corrected chi connectivity index (χ0v) is 17.0. The Morgan fingerprint density at radius 3 is 2.31 bits per heavy atom. The highest BCUT2D eigenvalue weighted by Crippen LogP contribution is 2.33. The van der Waals surface area contributed by atoms with Crippen LogP contribution in [0.5, 0.6) is 0 Å². The SMILES string of the molecule is CCCCCCCCOC(=O)C1CCN(C(=O)c2ccccc2C(F)(F)F)CC1. The molecule has 1 saturated heterocycles.